The van der Waals surface area contributed by atoms with Gasteiger partial charge in [-0.1, -0.05) is 5.16 Å². The van der Waals surface area contributed by atoms with Crippen LogP contribution in [0.4, 0.5) is 10.1 Å². The van der Waals surface area contributed by atoms with E-state index >= 15 is 0 Å². The summed E-state index contributed by atoms with van der Waals surface area (Å²) < 4.78 is 46.9. The average Bonchev–Trinajstić information content (AvgIpc) is 3.59. The van der Waals surface area contributed by atoms with E-state index in [2.05, 4.69) is 10.5 Å². The number of halogens is 1. The Morgan fingerprint density at radius 1 is 1.24 bits per heavy atom. The molecule has 0 bridgehead atoms. The van der Waals surface area contributed by atoms with Crippen LogP contribution in [0.3, 0.4) is 0 Å². The molecule has 2 aromatic carbocycles. The molecule has 3 aromatic rings. The molecule has 0 radical (unpaired) electrons. The van der Waals surface area contributed by atoms with Gasteiger partial charge >= 0.3 is 0 Å². The normalized spacial score (nSPS) is 16.1. The Morgan fingerprint density at radius 3 is 2.62 bits per heavy atom. The molecule has 0 spiro atoms. The summed E-state index contributed by atoms with van der Waals surface area (Å²) in [5.74, 6) is 1.71. The Kier molecular flexibility index (Phi) is 6.20. The number of hydrogen-bond donors (Lipinski definition) is 1. The Bertz CT molecular complexity index is 1350. The monoisotopic (exact) mass is 503 g/mol. The van der Waals surface area contributed by atoms with Crippen molar-refractivity contribution < 1.29 is 22.1 Å². The summed E-state index contributed by atoms with van der Waals surface area (Å²) in [5.41, 5.74) is 3.61. The van der Waals surface area contributed by atoms with Gasteiger partial charge in [0, 0.05) is 29.3 Å². The van der Waals surface area contributed by atoms with E-state index in [4.69, 9.17) is 9.25 Å². The van der Waals surface area contributed by atoms with Crippen LogP contribution < -0.4 is 9.62 Å². The van der Waals surface area contributed by atoms with Crippen molar-refractivity contribution >= 4 is 44.3 Å². The fourth-order valence-corrected chi connectivity index (χ4v) is 5.68. The Morgan fingerprint density at radius 2 is 2.00 bits per heavy atom. The van der Waals surface area contributed by atoms with Crippen LogP contribution in [-0.4, -0.2) is 52.2 Å². The highest BCUT2D eigenvalue weighted by Crippen LogP contribution is 2.48. The average molecular weight is 504 g/mol. The maximum atomic E-state index is 13.6. The molecule has 1 aromatic heterocycles. The second-order valence-corrected chi connectivity index (χ2v) is 11.4. The number of fused-ring (bicyclic) bond motifs is 1. The van der Waals surface area contributed by atoms with Crippen LogP contribution in [0.1, 0.15) is 29.9 Å². The zero-order valence-electron chi connectivity index (χ0n) is 19.0. The van der Waals surface area contributed by atoms with E-state index in [-0.39, 0.29) is 5.82 Å². The molecule has 180 valence electrons. The molecule has 1 fully saturated rings. The lowest BCUT2D eigenvalue weighted by Crippen LogP contribution is -2.33. The largest absolute Gasteiger partial charge is 0.455 e. The molecule has 7 nitrogen and oxygen atoms in total. The van der Waals surface area contributed by atoms with Crippen molar-refractivity contribution in [3.63, 3.8) is 0 Å². The predicted molar refractivity (Wildman–Crippen MR) is 135 cm³/mol. The minimum atomic E-state index is -3.49. The first-order valence-electron chi connectivity index (χ1n) is 11.1. The van der Waals surface area contributed by atoms with Crippen LogP contribution in [-0.2, 0) is 14.9 Å². The zero-order chi connectivity index (χ0) is 23.9. The lowest BCUT2D eigenvalue weighted by atomic mass is 10.00. The number of anilines is 1. The van der Waals surface area contributed by atoms with Gasteiger partial charge in [-0.15, -0.1) is 0 Å². The Labute approximate surface area is 202 Å². The fourth-order valence-electron chi connectivity index (χ4n) is 4.26. The molecule has 1 aliphatic heterocycles. The summed E-state index contributed by atoms with van der Waals surface area (Å²) in [7, 11) is -3.49. The molecule has 0 saturated heterocycles. The first-order chi connectivity index (χ1) is 16.4. The SMILES string of the molecule is CSCCN(c1cc2oc(-c3ccc(F)cc3)c(C3=NOCCN3)c2cc1C1CC1)S(C)(=O)=O. The van der Waals surface area contributed by atoms with Crippen LogP contribution in [0.2, 0.25) is 0 Å². The third-order valence-corrected chi connectivity index (χ3v) is 7.78. The molecular weight excluding hydrogens is 477 g/mol. The highest BCUT2D eigenvalue weighted by atomic mass is 32.2. The van der Waals surface area contributed by atoms with E-state index in [0.29, 0.717) is 59.8 Å². The number of nitrogens with zero attached hydrogens (tertiary/aromatic N) is 2. The van der Waals surface area contributed by atoms with E-state index in [1.807, 2.05) is 18.4 Å². The zero-order valence-corrected chi connectivity index (χ0v) is 20.6. The van der Waals surface area contributed by atoms with Gasteiger partial charge in [-0.25, -0.2) is 12.8 Å². The van der Waals surface area contributed by atoms with Crippen molar-refractivity contribution in [2.45, 2.75) is 18.8 Å². The van der Waals surface area contributed by atoms with E-state index in [1.54, 1.807) is 23.9 Å². The predicted octanol–water partition coefficient (Wildman–Crippen LogP) is 4.53. The Hall–Kier alpha value is -2.72. The van der Waals surface area contributed by atoms with Gasteiger partial charge in [0.05, 0.1) is 24.1 Å². The van der Waals surface area contributed by atoms with Crippen LogP contribution in [0.5, 0.6) is 0 Å². The second-order valence-electron chi connectivity index (χ2n) is 8.52. The van der Waals surface area contributed by atoms with Crippen molar-refractivity contribution in [2.24, 2.45) is 5.16 Å². The molecule has 0 atom stereocenters. The third kappa shape index (κ3) is 4.48. The van der Waals surface area contributed by atoms with Gasteiger partial charge in [-0.2, -0.15) is 11.8 Å². The molecule has 2 heterocycles. The lowest BCUT2D eigenvalue weighted by Gasteiger charge is -2.25. The van der Waals surface area contributed by atoms with Gasteiger partial charge in [0.1, 0.15) is 23.8 Å². The summed E-state index contributed by atoms with van der Waals surface area (Å²) in [4.78, 5) is 5.34. The van der Waals surface area contributed by atoms with Crippen molar-refractivity contribution in [1.29, 1.82) is 0 Å². The van der Waals surface area contributed by atoms with Crippen molar-refractivity contribution in [3.05, 3.63) is 53.3 Å². The maximum Gasteiger partial charge on any atom is 0.232 e. The molecule has 1 saturated carbocycles. The number of oxime groups is 1. The van der Waals surface area contributed by atoms with Crippen molar-refractivity contribution in [1.82, 2.24) is 5.32 Å². The molecule has 10 heteroatoms. The van der Waals surface area contributed by atoms with Gasteiger partial charge in [0.25, 0.3) is 0 Å². The maximum absolute atomic E-state index is 13.6. The molecule has 34 heavy (non-hydrogen) atoms. The Balaban J connectivity index is 1.75. The topological polar surface area (TPSA) is 84.1 Å². The number of sulfonamides is 1. The standard InChI is InChI=1S/C24H26FN3O4S2/c1-33-12-10-28(34(2,29)30)20-14-21-19(13-18(20)15-3-4-15)22(24-26-9-11-31-27-24)23(32-21)16-5-7-17(25)8-6-16/h5-8,13-15H,3-4,9-12H2,1-2H3,(H,26,27). The van der Waals surface area contributed by atoms with E-state index in [0.717, 1.165) is 29.4 Å². The quantitative estimate of drug-likeness (QED) is 0.486. The van der Waals surface area contributed by atoms with E-state index < -0.39 is 10.0 Å². The van der Waals surface area contributed by atoms with Gasteiger partial charge in [-0.3, -0.25) is 4.31 Å². The van der Waals surface area contributed by atoms with Gasteiger partial charge in [-0.05, 0) is 60.9 Å². The van der Waals surface area contributed by atoms with Crippen LogP contribution in [0, 0.1) is 5.82 Å². The number of rotatable bonds is 8. The first-order valence-corrected chi connectivity index (χ1v) is 14.4. The van der Waals surface area contributed by atoms with Crippen LogP contribution in [0.25, 0.3) is 22.3 Å². The lowest BCUT2D eigenvalue weighted by molar-refractivity contribution is 0.136. The minimum absolute atomic E-state index is 0.299. The van der Waals surface area contributed by atoms with E-state index in [9.17, 15) is 12.8 Å². The summed E-state index contributed by atoms with van der Waals surface area (Å²) in [6.07, 6.45) is 5.22. The summed E-state index contributed by atoms with van der Waals surface area (Å²) in [6, 6.07) is 9.94. The number of thioether (sulfide) groups is 1. The van der Waals surface area contributed by atoms with Gasteiger partial charge in [0.2, 0.25) is 10.0 Å². The third-order valence-electron chi connectivity index (χ3n) is 6.01. The smallest absolute Gasteiger partial charge is 0.232 e. The first kappa shape index (κ1) is 23.0. The van der Waals surface area contributed by atoms with Gasteiger partial charge in [0.15, 0.2) is 5.84 Å². The highest BCUT2D eigenvalue weighted by Gasteiger charge is 2.33. The fraction of sp³-hybridized carbons (Fsp3) is 0.375. The second kappa shape index (κ2) is 9.14. The highest BCUT2D eigenvalue weighted by molar-refractivity contribution is 7.98. The number of amidine groups is 1. The number of furan rings is 1. The molecule has 0 unspecified atom stereocenters. The number of benzene rings is 2. The molecule has 5 rings (SSSR count). The summed E-state index contributed by atoms with van der Waals surface area (Å²) in [6.45, 7) is 1.44. The van der Waals surface area contributed by atoms with Crippen molar-refractivity contribution in [3.8, 4) is 11.3 Å². The number of nitrogens with one attached hydrogen (secondary N) is 1. The summed E-state index contributed by atoms with van der Waals surface area (Å²) in [5, 5.41) is 8.31. The van der Waals surface area contributed by atoms with Crippen LogP contribution in [0.15, 0.2) is 46.0 Å². The number of hydrogen-bond acceptors (Lipinski definition) is 7. The summed E-state index contributed by atoms with van der Waals surface area (Å²) >= 11 is 1.60. The van der Waals surface area contributed by atoms with Crippen molar-refractivity contribution in [2.75, 3.05) is 42.3 Å². The molecule has 0 amide bonds. The molecule has 1 N–H and O–H groups in total. The van der Waals surface area contributed by atoms with Crippen LogP contribution >= 0.6 is 11.8 Å². The molecule has 1 aliphatic carbocycles. The molecule has 2 aliphatic rings. The minimum Gasteiger partial charge on any atom is -0.455 e. The van der Waals surface area contributed by atoms with E-state index in [1.165, 1.54) is 22.7 Å². The van der Waals surface area contributed by atoms with Gasteiger partial charge < -0.3 is 14.6 Å². The molecular formula is C24H26FN3O4S2.